The van der Waals surface area contributed by atoms with E-state index in [-0.39, 0.29) is 5.82 Å². The van der Waals surface area contributed by atoms with E-state index in [4.69, 9.17) is 0 Å². The standard InChI is InChI=1S/C26H24FN/c1-18-7-3-4-8-20(18)9-5-10-21-13-14-22(17-25(21)27)23-15-12-19(2)26-24(23)11-6-16-28-26/h3-4,6-8,11-17H,5,9-10H2,1-2H3. The molecule has 1 heterocycles. The first-order chi connectivity index (χ1) is 13.6. The number of fused-ring (bicyclic) bond motifs is 1. The molecule has 0 saturated heterocycles. The second-order valence-electron chi connectivity index (χ2n) is 7.42. The summed E-state index contributed by atoms with van der Waals surface area (Å²) in [6.07, 6.45) is 4.47. The molecule has 28 heavy (non-hydrogen) atoms. The third-order valence-corrected chi connectivity index (χ3v) is 5.49. The first-order valence-corrected chi connectivity index (χ1v) is 9.81. The summed E-state index contributed by atoms with van der Waals surface area (Å²) in [6.45, 7) is 4.18. The van der Waals surface area contributed by atoms with E-state index >= 15 is 0 Å². The summed E-state index contributed by atoms with van der Waals surface area (Å²) in [7, 11) is 0. The summed E-state index contributed by atoms with van der Waals surface area (Å²) >= 11 is 0. The van der Waals surface area contributed by atoms with Gasteiger partial charge in [0.2, 0.25) is 0 Å². The molecular weight excluding hydrogens is 345 g/mol. The van der Waals surface area contributed by atoms with Gasteiger partial charge in [-0.2, -0.15) is 0 Å². The normalized spacial score (nSPS) is 11.1. The molecule has 1 aromatic heterocycles. The van der Waals surface area contributed by atoms with Crippen molar-refractivity contribution >= 4 is 10.9 Å². The Kier molecular flexibility index (Phi) is 5.21. The fourth-order valence-corrected chi connectivity index (χ4v) is 3.84. The molecule has 2 heteroatoms. The highest BCUT2D eigenvalue weighted by atomic mass is 19.1. The first-order valence-electron chi connectivity index (χ1n) is 9.81. The molecular formula is C26H24FN. The molecule has 0 fully saturated rings. The van der Waals surface area contributed by atoms with E-state index in [2.05, 4.69) is 61.3 Å². The number of aromatic nitrogens is 1. The molecule has 1 nitrogen and oxygen atoms in total. The van der Waals surface area contributed by atoms with E-state index in [0.717, 1.165) is 52.4 Å². The summed E-state index contributed by atoms with van der Waals surface area (Å²) < 4.78 is 14.8. The SMILES string of the molecule is Cc1ccccc1CCCc1ccc(-c2ccc(C)c3ncccc23)cc1F. The maximum absolute atomic E-state index is 14.8. The van der Waals surface area contributed by atoms with E-state index in [1.165, 1.54) is 11.1 Å². The Hall–Kier alpha value is -3.00. The van der Waals surface area contributed by atoms with Gasteiger partial charge in [-0.3, -0.25) is 4.98 Å². The molecule has 0 saturated carbocycles. The van der Waals surface area contributed by atoms with Gasteiger partial charge in [0.25, 0.3) is 0 Å². The zero-order valence-electron chi connectivity index (χ0n) is 16.4. The number of hydrogen-bond acceptors (Lipinski definition) is 1. The Balaban J connectivity index is 1.55. The fraction of sp³-hybridized carbons (Fsp3) is 0.192. The molecule has 0 aliphatic rings. The van der Waals surface area contributed by atoms with Gasteiger partial charge in [-0.15, -0.1) is 0 Å². The van der Waals surface area contributed by atoms with Gasteiger partial charge in [0.05, 0.1) is 5.52 Å². The van der Waals surface area contributed by atoms with Crippen LogP contribution in [0.5, 0.6) is 0 Å². The Morgan fingerprint density at radius 3 is 2.43 bits per heavy atom. The smallest absolute Gasteiger partial charge is 0.127 e. The molecule has 0 radical (unpaired) electrons. The summed E-state index contributed by atoms with van der Waals surface area (Å²) in [6, 6.07) is 22.1. The van der Waals surface area contributed by atoms with Gasteiger partial charge in [-0.25, -0.2) is 4.39 Å². The molecule has 0 N–H and O–H groups in total. The lowest BCUT2D eigenvalue weighted by atomic mass is 9.95. The largest absolute Gasteiger partial charge is 0.256 e. The molecule has 4 rings (SSSR count). The zero-order chi connectivity index (χ0) is 19.5. The second kappa shape index (κ2) is 7.93. The van der Waals surface area contributed by atoms with Gasteiger partial charge < -0.3 is 0 Å². The average Bonchev–Trinajstić information content (AvgIpc) is 2.71. The van der Waals surface area contributed by atoms with Crippen LogP contribution in [0.15, 0.2) is 72.9 Å². The average molecular weight is 369 g/mol. The van der Waals surface area contributed by atoms with Crippen molar-refractivity contribution in [1.29, 1.82) is 0 Å². The van der Waals surface area contributed by atoms with E-state index in [1.54, 1.807) is 12.3 Å². The van der Waals surface area contributed by atoms with Crippen LogP contribution in [0.3, 0.4) is 0 Å². The molecule has 0 aliphatic heterocycles. The minimum absolute atomic E-state index is 0.125. The predicted octanol–water partition coefficient (Wildman–Crippen LogP) is 6.83. The molecule has 140 valence electrons. The number of nitrogens with zero attached hydrogens (tertiary/aromatic N) is 1. The van der Waals surface area contributed by atoms with Gasteiger partial charge in [0.15, 0.2) is 0 Å². The molecule has 0 unspecified atom stereocenters. The highest BCUT2D eigenvalue weighted by Crippen LogP contribution is 2.30. The van der Waals surface area contributed by atoms with Crippen molar-refractivity contribution in [3.63, 3.8) is 0 Å². The highest BCUT2D eigenvalue weighted by molar-refractivity contribution is 5.96. The van der Waals surface area contributed by atoms with Crippen molar-refractivity contribution in [2.75, 3.05) is 0 Å². The van der Waals surface area contributed by atoms with Gasteiger partial charge in [0.1, 0.15) is 5.82 Å². The van der Waals surface area contributed by atoms with Gasteiger partial charge >= 0.3 is 0 Å². The third-order valence-electron chi connectivity index (χ3n) is 5.49. The number of aryl methyl sites for hydroxylation is 4. The Morgan fingerprint density at radius 2 is 1.61 bits per heavy atom. The number of benzene rings is 3. The zero-order valence-corrected chi connectivity index (χ0v) is 16.4. The van der Waals surface area contributed by atoms with Crippen LogP contribution in [-0.4, -0.2) is 4.98 Å². The van der Waals surface area contributed by atoms with E-state index < -0.39 is 0 Å². The van der Waals surface area contributed by atoms with Crippen molar-refractivity contribution in [2.24, 2.45) is 0 Å². The maximum atomic E-state index is 14.8. The Morgan fingerprint density at radius 1 is 0.786 bits per heavy atom. The number of rotatable bonds is 5. The third kappa shape index (κ3) is 3.68. The van der Waals surface area contributed by atoms with Crippen LogP contribution in [0.25, 0.3) is 22.0 Å². The highest BCUT2D eigenvalue weighted by Gasteiger charge is 2.10. The summed E-state index contributed by atoms with van der Waals surface area (Å²) in [4.78, 5) is 4.49. The molecule has 4 aromatic rings. The fourth-order valence-electron chi connectivity index (χ4n) is 3.84. The van der Waals surface area contributed by atoms with Gasteiger partial charge in [-0.05, 0) is 78.6 Å². The molecule has 0 aliphatic carbocycles. The summed E-state index contributed by atoms with van der Waals surface area (Å²) in [5.74, 6) is -0.125. The Bertz CT molecular complexity index is 1130. The van der Waals surface area contributed by atoms with Crippen LogP contribution in [0.4, 0.5) is 4.39 Å². The van der Waals surface area contributed by atoms with Gasteiger partial charge in [0, 0.05) is 11.6 Å². The van der Waals surface area contributed by atoms with Crippen LogP contribution in [0.2, 0.25) is 0 Å². The molecule has 0 spiro atoms. The topological polar surface area (TPSA) is 12.9 Å². The van der Waals surface area contributed by atoms with Crippen LogP contribution in [-0.2, 0) is 12.8 Å². The summed E-state index contributed by atoms with van der Waals surface area (Å²) in [5.41, 5.74) is 7.47. The molecule has 0 amide bonds. The number of halogens is 1. The minimum Gasteiger partial charge on any atom is -0.256 e. The predicted molar refractivity (Wildman–Crippen MR) is 115 cm³/mol. The maximum Gasteiger partial charge on any atom is 0.127 e. The van der Waals surface area contributed by atoms with Crippen LogP contribution < -0.4 is 0 Å². The van der Waals surface area contributed by atoms with Gasteiger partial charge in [-0.1, -0.05) is 54.6 Å². The van der Waals surface area contributed by atoms with Crippen molar-refractivity contribution in [3.05, 3.63) is 101 Å². The summed E-state index contributed by atoms with van der Waals surface area (Å²) in [5, 5.41) is 1.06. The molecule has 0 bridgehead atoms. The molecule has 3 aromatic carbocycles. The second-order valence-corrected chi connectivity index (χ2v) is 7.42. The number of pyridine rings is 1. The quantitative estimate of drug-likeness (QED) is 0.375. The van der Waals surface area contributed by atoms with Crippen LogP contribution in [0, 0.1) is 19.7 Å². The van der Waals surface area contributed by atoms with Crippen molar-refractivity contribution < 1.29 is 4.39 Å². The van der Waals surface area contributed by atoms with Crippen LogP contribution in [0.1, 0.15) is 28.7 Å². The Labute approximate surface area is 165 Å². The monoisotopic (exact) mass is 369 g/mol. The van der Waals surface area contributed by atoms with Crippen molar-refractivity contribution in [1.82, 2.24) is 4.98 Å². The van der Waals surface area contributed by atoms with E-state index in [1.807, 2.05) is 18.2 Å². The minimum atomic E-state index is -0.125. The van der Waals surface area contributed by atoms with Crippen LogP contribution >= 0.6 is 0 Å². The lowest BCUT2D eigenvalue weighted by Crippen LogP contribution is -1.96. The van der Waals surface area contributed by atoms with E-state index in [0.29, 0.717) is 0 Å². The first kappa shape index (κ1) is 18.4. The lowest BCUT2D eigenvalue weighted by Gasteiger charge is -2.11. The lowest BCUT2D eigenvalue weighted by molar-refractivity contribution is 0.605. The number of hydrogen-bond donors (Lipinski definition) is 0. The van der Waals surface area contributed by atoms with Crippen molar-refractivity contribution in [3.8, 4) is 11.1 Å². The van der Waals surface area contributed by atoms with E-state index in [9.17, 15) is 4.39 Å². The molecule has 0 atom stereocenters. The van der Waals surface area contributed by atoms with Crippen molar-refractivity contribution in [2.45, 2.75) is 33.1 Å².